The van der Waals surface area contributed by atoms with E-state index in [2.05, 4.69) is 0 Å². The Morgan fingerprint density at radius 3 is 2.28 bits per heavy atom. The number of aliphatic hydroxyl groups excluding tert-OH is 2. The molecule has 0 heterocycles. The zero-order valence-corrected chi connectivity index (χ0v) is 19.5. The lowest BCUT2D eigenvalue weighted by Gasteiger charge is -2.58. The molecule has 3 aliphatic carbocycles. The van der Waals surface area contributed by atoms with Crippen molar-refractivity contribution < 1.29 is 38.9 Å². The van der Waals surface area contributed by atoms with Gasteiger partial charge in [-0.15, -0.1) is 0 Å². The first-order valence-corrected chi connectivity index (χ1v) is 11.0. The molecule has 0 spiro atoms. The predicted octanol–water partition coefficient (Wildman–Crippen LogP) is 2.58. The number of ketones is 2. The van der Waals surface area contributed by atoms with Crippen molar-refractivity contribution in [2.75, 3.05) is 6.61 Å². The first-order valence-electron chi connectivity index (χ1n) is 11.0. The Balaban J connectivity index is 2.26. The standard InChI is InChI=1S/C24H32O8/c1-11(10-31-12(2)25)14-17(27)15-16(19(29)18(14)28)24(6)9-7-8-23(4,5)22(24)20(30)21(15)32-13(3)26/h11,20-22,27,30H,7-10H2,1-6H3/t11?,20-,21+,22?,24-/m1/s1. The summed E-state index contributed by atoms with van der Waals surface area (Å²) in [5.41, 5.74) is -1.35. The van der Waals surface area contributed by atoms with Crippen LogP contribution in [0.4, 0.5) is 0 Å². The predicted molar refractivity (Wildman–Crippen MR) is 113 cm³/mol. The van der Waals surface area contributed by atoms with Crippen LogP contribution in [0.2, 0.25) is 0 Å². The average Bonchev–Trinajstić information content (AvgIpc) is 2.65. The fourth-order valence-electron chi connectivity index (χ4n) is 6.21. The maximum atomic E-state index is 13.5. The van der Waals surface area contributed by atoms with Crippen molar-refractivity contribution in [3.05, 3.63) is 22.5 Å². The molecule has 2 unspecified atom stereocenters. The Morgan fingerprint density at radius 1 is 1.09 bits per heavy atom. The summed E-state index contributed by atoms with van der Waals surface area (Å²) in [6.45, 7) is 9.58. The van der Waals surface area contributed by atoms with Gasteiger partial charge in [-0.25, -0.2) is 0 Å². The molecular formula is C24H32O8. The summed E-state index contributed by atoms with van der Waals surface area (Å²) in [5.74, 6) is -4.57. The maximum absolute atomic E-state index is 13.5. The second-order valence-electron chi connectivity index (χ2n) is 10.2. The zero-order valence-electron chi connectivity index (χ0n) is 19.5. The molecule has 8 heteroatoms. The van der Waals surface area contributed by atoms with Crippen molar-refractivity contribution in [2.45, 2.75) is 73.0 Å². The van der Waals surface area contributed by atoms with Crippen LogP contribution in [0.15, 0.2) is 22.5 Å². The van der Waals surface area contributed by atoms with Gasteiger partial charge in [-0.3, -0.25) is 19.2 Å². The Labute approximate surface area is 187 Å². The summed E-state index contributed by atoms with van der Waals surface area (Å²) < 4.78 is 10.4. The van der Waals surface area contributed by atoms with Crippen molar-refractivity contribution in [3.63, 3.8) is 0 Å². The quantitative estimate of drug-likeness (QED) is 0.382. The summed E-state index contributed by atoms with van der Waals surface area (Å²) in [5, 5.41) is 22.6. The third kappa shape index (κ3) is 3.68. The van der Waals surface area contributed by atoms with Gasteiger partial charge in [-0.2, -0.15) is 0 Å². The molecule has 1 fully saturated rings. The lowest BCUT2D eigenvalue weighted by atomic mass is 9.47. The number of ether oxygens (including phenoxy) is 2. The molecular weight excluding hydrogens is 416 g/mol. The molecule has 2 N–H and O–H groups in total. The van der Waals surface area contributed by atoms with Crippen LogP contribution in [0, 0.1) is 22.7 Å². The number of rotatable bonds is 4. The Morgan fingerprint density at radius 2 is 1.72 bits per heavy atom. The molecule has 8 nitrogen and oxygen atoms in total. The van der Waals surface area contributed by atoms with Gasteiger partial charge in [0.1, 0.15) is 5.76 Å². The maximum Gasteiger partial charge on any atom is 0.303 e. The normalized spacial score (nSPS) is 32.8. The molecule has 0 aromatic carbocycles. The molecule has 0 aromatic rings. The van der Waals surface area contributed by atoms with E-state index in [1.54, 1.807) is 6.92 Å². The highest BCUT2D eigenvalue weighted by molar-refractivity contribution is 6.50. The minimum atomic E-state index is -1.29. The van der Waals surface area contributed by atoms with Gasteiger partial charge in [-0.1, -0.05) is 34.1 Å². The van der Waals surface area contributed by atoms with Crippen molar-refractivity contribution in [2.24, 2.45) is 22.7 Å². The van der Waals surface area contributed by atoms with Crippen LogP contribution in [0.1, 0.15) is 60.8 Å². The Hall–Kier alpha value is -2.48. The number of carbonyl (C=O) groups is 4. The van der Waals surface area contributed by atoms with E-state index in [0.717, 1.165) is 12.8 Å². The van der Waals surface area contributed by atoms with E-state index in [1.165, 1.54) is 13.8 Å². The summed E-state index contributed by atoms with van der Waals surface area (Å²) >= 11 is 0. The van der Waals surface area contributed by atoms with E-state index in [9.17, 15) is 29.4 Å². The van der Waals surface area contributed by atoms with Crippen LogP contribution >= 0.6 is 0 Å². The zero-order chi connectivity index (χ0) is 24.2. The summed E-state index contributed by atoms with van der Waals surface area (Å²) in [4.78, 5) is 49.8. The first-order chi connectivity index (χ1) is 14.7. The van der Waals surface area contributed by atoms with Gasteiger partial charge >= 0.3 is 11.9 Å². The third-order valence-corrected chi connectivity index (χ3v) is 7.33. The number of carbonyl (C=O) groups excluding carboxylic acids is 4. The third-order valence-electron chi connectivity index (χ3n) is 7.33. The molecule has 3 rings (SSSR count). The van der Waals surface area contributed by atoms with Gasteiger partial charge in [0, 0.05) is 42.2 Å². The Kier molecular flexibility index (Phi) is 6.15. The highest BCUT2D eigenvalue weighted by atomic mass is 16.6. The summed E-state index contributed by atoms with van der Waals surface area (Å²) in [6.07, 6.45) is -0.330. The number of hydrogen-bond acceptors (Lipinski definition) is 8. The van der Waals surface area contributed by atoms with E-state index in [4.69, 9.17) is 9.47 Å². The first kappa shape index (κ1) is 24.2. The Bertz CT molecular complexity index is 940. The van der Waals surface area contributed by atoms with Gasteiger partial charge in [0.15, 0.2) is 6.10 Å². The minimum Gasteiger partial charge on any atom is -0.507 e. The van der Waals surface area contributed by atoms with Crippen LogP contribution in [0.5, 0.6) is 0 Å². The highest BCUT2D eigenvalue weighted by Gasteiger charge is 2.62. The monoisotopic (exact) mass is 448 g/mol. The number of fused-ring (bicyclic) bond motifs is 2. The number of hydrogen-bond donors (Lipinski definition) is 2. The van der Waals surface area contributed by atoms with Crippen molar-refractivity contribution in [1.29, 1.82) is 0 Å². The second-order valence-corrected chi connectivity index (χ2v) is 10.2. The van der Waals surface area contributed by atoms with Crippen molar-refractivity contribution >= 4 is 23.5 Å². The molecule has 0 aliphatic heterocycles. The van der Waals surface area contributed by atoms with E-state index < -0.39 is 64.1 Å². The fraction of sp³-hybridized carbons (Fsp3) is 0.667. The molecule has 3 aliphatic rings. The van der Waals surface area contributed by atoms with Gasteiger partial charge in [0.05, 0.1) is 18.3 Å². The fourth-order valence-corrected chi connectivity index (χ4v) is 6.21. The molecule has 0 saturated heterocycles. The number of allylic oxidation sites excluding steroid dienone is 1. The highest BCUT2D eigenvalue weighted by Crippen LogP contribution is 2.61. The van der Waals surface area contributed by atoms with E-state index in [-0.39, 0.29) is 23.3 Å². The number of Topliss-reactive ketones (excluding diaryl/α,β-unsaturated/α-hetero) is 2. The second kappa shape index (κ2) is 8.14. The van der Waals surface area contributed by atoms with Gasteiger partial charge in [0.2, 0.25) is 11.6 Å². The summed E-state index contributed by atoms with van der Waals surface area (Å²) in [6, 6.07) is 0. The van der Waals surface area contributed by atoms with E-state index >= 15 is 0 Å². The number of esters is 2. The molecule has 1 saturated carbocycles. The van der Waals surface area contributed by atoms with Crippen LogP contribution in [-0.2, 0) is 28.7 Å². The SMILES string of the molecule is CC(=O)OCC(C)C1=C(O)C2=C(C(=O)C1=O)[C@@]1(C)CCCC(C)(C)C1[C@H](O)[C@H]2OC(C)=O. The largest absolute Gasteiger partial charge is 0.507 e. The molecule has 32 heavy (non-hydrogen) atoms. The minimum absolute atomic E-state index is 0.00146. The lowest BCUT2D eigenvalue weighted by Crippen LogP contribution is -2.60. The van der Waals surface area contributed by atoms with Crippen LogP contribution < -0.4 is 0 Å². The molecule has 5 atom stereocenters. The van der Waals surface area contributed by atoms with Crippen molar-refractivity contribution in [1.82, 2.24) is 0 Å². The average molecular weight is 449 g/mol. The van der Waals surface area contributed by atoms with Gasteiger partial charge in [0.25, 0.3) is 0 Å². The number of aliphatic hydroxyl groups is 2. The molecule has 0 radical (unpaired) electrons. The van der Waals surface area contributed by atoms with Gasteiger partial charge in [-0.05, 0) is 18.3 Å². The van der Waals surface area contributed by atoms with Crippen molar-refractivity contribution in [3.8, 4) is 0 Å². The molecule has 0 bridgehead atoms. The topological polar surface area (TPSA) is 127 Å². The van der Waals surface area contributed by atoms with Gasteiger partial charge < -0.3 is 19.7 Å². The lowest BCUT2D eigenvalue weighted by molar-refractivity contribution is -0.166. The van der Waals surface area contributed by atoms with Crippen LogP contribution in [0.3, 0.4) is 0 Å². The van der Waals surface area contributed by atoms with Crippen LogP contribution in [0.25, 0.3) is 0 Å². The molecule has 0 aromatic heterocycles. The van der Waals surface area contributed by atoms with E-state index in [1.807, 2.05) is 20.8 Å². The van der Waals surface area contributed by atoms with Crippen LogP contribution in [-0.4, -0.2) is 52.5 Å². The summed E-state index contributed by atoms with van der Waals surface area (Å²) in [7, 11) is 0. The van der Waals surface area contributed by atoms with E-state index in [0.29, 0.717) is 6.42 Å². The smallest absolute Gasteiger partial charge is 0.303 e. The molecule has 176 valence electrons. The molecule has 0 amide bonds.